The van der Waals surface area contributed by atoms with Crippen LogP contribution < -0.4 is 5.32 Å². The molecule has 1 aliphatic rings. The molecule has 0 atom stereocenters. The van der Waals surface area contributed by atoms with E-state index in [2.05, 4.69) is 15.2 Å². The van der Waals surface area contributed by atoms with Crippen LogP contribution in [-0.2, 0) is 0 Å². The molecule has 0 unspecified atom stereocenters. The Labute approximate surface area is 111 Å². The fourth-order valence-electron chi connectivity index (χ4n) is 1.90. The van der Waals surface area contributed by atoms with Crippen molar-refractivity contribution in [3.05, 3.63) is 24.0 Å². The van der Waals surface area contributed by atoms with E-state index in [1.165, 1.54) is 23.8 Å². The smallest absolute Gasteiger partial charge is 0.337 e. The van der Waals surface area contributed by atoms with E-state index >= 15 is 0 Å². The first kappa shape index (κ1) is 13.2. The first-order valence-corrected chi connectivity index (χ1v) is 7.14. The molecule has 0 aromatic carbocycles. The summed E-state index contributed by atoms with van der Waals surface area (Å²) in [5, 5.41) is 12.2. The van der Waals surface area contributed by atoms with Gasteiger partial charge in [-0.1, -0.05) is 0 Å². The van der Waals surface area contributed by atoms with E-state index in [4.69, 9.17) is 5.11 Å². The summed E-state index contributed by atoms with van der Waals surface area (Å²) in [5.74, 6) is 1.45. The highest BCUT2D eigenvalue weighted by Crippen LogP contribution is 2.13. The molecule has 0 bridgehead atoms. The van der Waals surface area contributed by atoms with Crippen molar-refractivity contribution in [2.75, 3.05) is 43.0 Å². The third kappa shape index (κ3) is 3.61. The van der Waals surface area contributed by atoms with Crippen LogP contribution in [0.4, 0.5) is 5.69 Å². The first-order valence-electron chi connectivity index (χ1n) is 5.98. The van der Waals surface area contributed by atoms with Crippen molar-refractivity contribution in [3.63, 3.8) is 0 Å². The Morgan fingerprint density at radius 2 is 2.28 bits per heavy atom. The SMILES string of the molecule is O=C(O)c1ccncc1NCCN1CCSCC1. The Kier molecular flexibility index (Phi) is 4.83. The Morgan fingerprint density at radius 1 is 1.50 bits per heavy atom. The molecule has 2 N–H and O–H groups in total. The lowest BCUT2D eigenvalue weighted by atomic mass is 10.2. The van der Waals surface area contributed by atoms with E-state index in [9.17, 15) is 4.79 Å². The molecule has 1 aliphatic heterocycles. The molecule has 2 rings (SSSR count). The highest BCUT2D eigenvalue weighted by atomic mass is 32.2. The van der Waals surface area contributed by atoms with Crippen molar-refractivity contribution < 1.29 is 9.90 Å². The van der Waals surface area contributed by atoms with Crippen molar-refractivity contribution >= 4 is 23.4 Å². The van der Waals surface area contributed by atoms with Gasteiger partial charge in [0, 0.05) is 43.9 Å². The maximum Gasteiger partial charge on any atom is 0.337 e. The number of aromatic carboxylic acids is 1. The Balaban J connectivity index is 1.84. The quantitative estimate of drug-likeness (QED) is 0.837. The third-order valence-corrected chi connectivity index (χ3v) is 3.84. The zero-order valence-corrected chi connectivity index (χ0v) is 10.9. The normalized spacial score (nSPS) is 16.4. The first-order chi connectivity index (χ1) is 8.77. The second-order valence-electron chi connectivity index (χ2n) is 4.11. The van der Waals surface area contributed by atoms with E-state index in [0.29, 0.717) is 5.69 Å². The van der Waals surface area contributed by atoms with Gasteiger partial charge in [0.15, 0.2) is 0 Å². The summed E-state index contributed by atoms with van der Waals surface area (Å²) in [4.78, 5) is 17.3. The van der Waals surface area contributed by atoms with E-state index in [-0.39, 0.29) is 5.56 Å². The van der Waals surface area contributed by atoms with Crippen LogP contribution in [0, 0.1) is 0 Å². The molecule has 98 valence electrons. The van der Waals surface area contributed by atoms with E-state index < -0.39 is 5.97 Å². The van der Waals surface area contributed by atoms with Crippen molar-refractivity contribution in [1.82, 2.24) is 9.88 Å². The number of aromatic nitrogens is 1. The highest BCUT2D eigenvalue weighted by Gasteiger charge is 2.11. The van der Waals surface area contributed by atoms with Gasteiger partial charge in [-0.2, -0.15) is 11.8 Å². The molecule has 0 spiro atoms. The summed E-state index contributed by atoms with van der Waals surface area (Å²) >= 11 is 1.99. The number of nitrogens with one attached hydrogen (secondary N) is 1. The van der Waals surface area contributed by atoms with E-state index in [0.717, 1.165) is 26.2 Å². The number of hydrogen-bond acceptors (Lipinski definition) is 5. The summed E-state index contributed by atoms with van der Waals surface area (Å²) in [7, 11) is 0. The van der Waals surface area contributed by atoms with Gasteiger partial charge >= 0.3 is 5.97 Å². The number of hydrogen-bond donors (Lipinski definition) is 2. The molecule has 1 aromatic heterocycles. The number of anilines is 1. The van der Waals surface area contributed by atoms with Crippen molar-refractivity contribution in [1.29, 1.82) is 0 Å². The molecule has 5 nitrogen and oxygen atoms in total. The lowest BCUT2D eigenvalue weighted by Gasteiger charge is -2.26. The number of nitrogens with zero attached hydrogens (tertiary/aromatic N) is 2. The average Bonchev–Trinajstić information content (AvgIpc) is 2.40. The molecule has 1 fully saturated rings. The monoisotopic (exact) mass is 267 g/mol. The number of carboxylic acid groups (broad SMARTS) is 1. The number of thioether (sulfide) groups is 1. The average molecular weight is 267 g/mol. The number of carbonyl (C=O) groups is 1. The summed E-state index contributed by atoms with van der Waals surface area (Å²) in [6, 6.07) is 1.52. The van der Waals surface area contributed by atoms with Gasteiger partial charge in [0.1, 0.15) is 0 Å². The molecule has 2 heterocycles. The summed E-state index contributed by atoms with van der Waals surface area (Å²) < 4.78 is 0. The van der Waals surface area contributed by atoms with Gasteiger partial charge in [0.25, 0.3) is 0 Å². The number of rotatable bonds is 5. The number of pyridine rings is 1. The molecule has 0 radical (unpaired) electrons. The largest absolute Gasteiger partial charge is 0.478 e. The van der Waals surface area contributed by atoms with Gasteiger partial charge in [-0.15, -0.1) is 0 Å². The molecule has 1 aromatic rings. The zero-order chi connectivity index (χ0) is 12.8. The van der Waals surface area contributed by atoms with Crippen LogP contribution in [0.3, 0.4) is 0 Å². The lowest BCUT2D eigenvalue weighted by molar-refractivity contribution is 0.0698. The Bertz CT molecular complexity index is 408. The van der Waals surface area contributed by atoms with Gasteiger partial charge in [-0.05, 0) is 6.07 Å². The molecule has 1 saturated heterocycles. The number of carboxylic acids is 1. The van der Waals surface area contributed by atoms with Crippen molar-refractivity contribution in [2.24, 2.45) is 0 Å². The molecular weight excluding hydrogens is 250 g/mol. The molecule has 0 saturated carbocycles. The topological polar surface area (TPSA) is 65.5 Å². The van der Waals surface area contributed by atoms with Crippen molar-refractivity contribution in [3.8, 4) is 0 Å². The maximum absolute atomic E-state index is 11.0. The minimum atomic E-state index is -0.922. The summed E-state index contributed by atoms with van der Waals surface area (Å²) in [6.45, 7) is 3.92. The van der Waals surface area contributed by atoms with Gasteiger partial charge in [-0.25, -0.2) is 4.79 Å². The second-order valence-corrected chi connectivity index (χ2v) is 5.33. The van der Waals surface area contributed by atoms with Crippen LogP contribution in [0.15, 0.2) is 18.5 Å². The summed E-state index contributed by atoms with van der Waals surface area (Å²) in [6.07, 6.45) is 3.06. The molecule has 6 heteroatoms. The highest BCUT2D eigenvalue weighted by molar-refractivity contribution is 7.99. The summed E-state index contributed by atoms with van der Waals surface area (Å²) in [5.41, 5.74) is 0.871. The van der Waals surface area contributed by atoms with Crippen LogP contribution in [0.5, 0.6) is 0 Å². The van der Waals surface area contributed by atoms with Gasteiger partial charge < -0.3 is 10.4 Å². The third-order valence-electron chi connectivity index (χ3n) is 2.90. The molecule has 0 aliphatic carbocycles. The van der Waals surface area contributed by atoms with Crippen molar-refractivity contribution in [2.45, 2.75) is 0 Å². The molecular formula is C12H17N3O2S. The Morgan fingerprint density at radius 3 is 3.00 bits per heavy atom. The fraction of sp³-hybridized carbons (Fsp3) is 0.500. The van der Waals surface area contributed by atoms with Gasteiger partial charge in [-0.3, -0.25) is 9.88 Å². The second kappa shape index (κ2) is 6.61. The van der Waals surface area contributed by atoms with Crippen LogP contribution >= 0.6 is 11.8 Å². The van der Waals surface area contributed by atoms with E-state index in [1.54, 1.807) is 6.20 Å². The standard InChI is InChI=1S/C12H17N3O2S/c16-12(17)10-1-2-13-9-11(10)14-3-4-15-5-7-18-8-6-15/h1-2,9,14H,3-8H2,(H,16,17). The Hall–Kier alpha value is -1.27. The predicted molar refractivity (Wildman–Crippen MR) is 73.5 cm³/mol. The predicted octanol–water partition coefficient (Wildman–Crippen LogP) is 1.24. The maximum atomic E-state index is 11.0. The lowest BCUT2D eigenvalue weighted by Crippen LogP contribution is -2.36. The molecule has 0 amide bonds. The minimum absolute atomic E-state index is 0.277. The van der Waals surface area contributed by atoms with E-state index in [1.807, 2.05) is 11.8 Å². The zero-order valence-electron chi connectivity index (χ0n) is 10.1. The van der Waals surface area contributed by atoms with Crippen LogP contribution in [-0.4, -0.2) is 58.6 Å². The van der Waals surface area contributed by atoms with Crippen LogP contribution in [0.25, 0.3) is 0 Å². The van der Waals surface area contributed by atoms with Gasteiger partial charge in [0.05, 0.1) is 17.4 Å². The van der Waals surface area contributed by atoms with Crippen LogP contribution in [0.2, 0.25) is 0 Å². The van der Waals surface area contributed by atoms with Crippen LogP contribution in [0.1, 0.15) is 10.4 Å². The minimum Gasteiger partial charge on any atom is -0.478 e. The fourth-order valence-corrected chi connectivity index (χ4v) is 2.87. The molecule has 18 heavy (non-hydrogen) atoms. The van der Waals surface area contributed by atoms with Gasteiger partial charge in [0.2, 0.25) is 0 Å².